The number of hydrogen-bond acceptors (Lipinski definition) is 5. The number of esters is 1. The number of fused-ring (bicyclic) bond motifs is 1. The minimum absolute atomic E-state index is 0.0120. The van der Waals surface area contributed by atoms with Crippen molar-refractivity contribution in [1.29, 1.82) is 0 Å². The lowest BCUT2D eigenvalue weighted by Crippen LogP contribution is -2.26. The van der Waals surface area contributed by atoms with Gasteiger partial charge in [0.2, 0.25) is 0 Å². The molecule has 0 saturated carbocycles. The minimum Gasteiger partial charge on any atom is -0.459 e. The summed E-state index contributed by atoms with van der Waals surface area (Å²) in [6.45, 7) is 9.28. The van der Waals surface area contributed by atoms with Crippen molar-refractivity contribution in [3.63, 3.8) is 0 Å². The van der Waals surface area contributed by atoms with E-state index in [-0.39, 0.29) is 24.0 Å². The standard InChI is InChI=1S/C19H27N3O3/c1-12(2)17-9-15(16-10-20-22(13(3)4)18(16)21-17)19(23)25-11-14-7-5-6-8-24-14/h9-10,12-14H,5-8,11H2,1-4H3. The summed E-state index contributed by atoms with van der Waals surface area (Å²) in [5.41, 5.74) is 2.15. The number of carbonyl (C=O) groups is 1. The third kappa shape index (κ3) is 3.84. The highest BCUT2D eigenvalue weighted by Crippen LogP contribution is 2.25. The predicted molar refractivity (Wildman–Crippen MR) is 95.9 cm³/mol. The lowest BCUT2D eigenvalue weighted by Gasteiger charge is -2.22. The minimum atomic E-state index is -0.327. The lowest BCUT2D eigenvalue weighted by molar-refractivity contribution is -0.0299. The van der Waals surface area contributed by atoms with Gasteiger partial charge in [-0.25, -0.2) is 14.5 Å². The molecule has 6 nitrogen and oxygen atoms in total. The molecular weight excluding hydrogens is 318 g/mol. The average Bonchev–Trinajstić information content (AvgIpc) is 3.03. The number of aromatic nitrogens is 3. The molecule has 1 unspecified atom stereocenters. The highest BCUT2D eigenvalue weighted by molar-refractivity contribution is 6.02. The van der Waals surface area contributed by atoms with Gasteiger partial charge in [-0.3, -0.25) is 0 Å². The molecule has 1 atom stereocenters. The predicted octanol–water partition coefficient (Wildman–Crippen LogP) is 3.86. The van der Waals surface area contributed by atoms with Gasteiger partial charge in [0.25, 0.3) is 0 Å². The Morgan fingerprint density at radius 2 is 2.16 bits per heavy atom. The second-order valence-corrected chi connectivity index (χ2v) is 7.26. The van der Waals surface area contributed by atoms with Crippen molar-refractivity contribution in [3.8, 4) is 0 Å². The summed E-state index contributed by atoms with van der Waals surface area (Å²) in [5.74, 6) is -0.111. The molecule has 6 heteroatoms. The molecule has 0 aliphatic carbocycles. The molecule has 0 radical (unpaired) electrons. The third-order valence-corrected chi connectivity index (χ3v) is 4.56. The van der Waals surface area contributed by atoms with E-state index >= 15 is 0 Å². The van der Waals surface area contributed by atoms with Gasteiger partial charge in [0.1, 0.15) is 6.61 Å². The van der Waals surface area contributed by atoms with Crippen molar-refractivity contribution in [2.75, 3.05) is 13.2 Å². The van der Waals surface area contributed by atoms with Crippen LogP contribution in [0, 0.1) is 0 Å². The molecule has 0 bridgehead atoms. The van der Waals surface area contributed by atoms with Crippen LogP contribution < -0.4 is 0 Å². The van der Waals surface area contributed by atoms with Gasteiger partial charge in [-0.2, -0.15) is 5.10 Å². The van der Waals surface area contributed by atoms with Gasteiger partial charge >= 0.3 is 5.97 Å². The fraction of sp³-hybridized carbons (Fsp3) is 0.632. The van der Waals surface area contributed by atoms with E-state index in [4.69, 9.17) is 14.5 Å². The van der Waals surface area contributed by atoms with E-state index in [2.05, 4.69) is 32.8 Å². The maximum Gasteiger partial charge on any atom is 0.339 e. The van der Waals surface area contributed by atoms with Gasteiger partial charge in [0.05, 0.1) is 23.3 Å². The number of ether oxygens (including phenoxy) is 2. The summed E-state index contributed by atoms with van der Waals surface area (Å²) in [6, 6.07) is 2.01. The Hall–Kier alpha value is -1.95. The summed E-state index contributed by atoms with van der Waals surface area (Å²) >= 11 is 0. The molecule has 1 saturated heterocycles. The largest absolute Gasteiger partial charge is 0.459 e. The van der Waals surface area contributed by atoms with Crippen molar-refractivity contribution >= 4 is 17.0 Å². The van der Waals surface area contributed by atoms with E-state index in [1.54, 1.807) is 6.20 Å². The zero-order chi connectivity index (χ0) is 18.0. The second kappa shape index (κ2) is 7.52. The Balaban J connectivity index is 1.89. The number of pyridine rings is 1. The van der Waals surface area contributed by atoms with E-state index in [1.807, 2.05) is 10.7 Å². The first-order valence-corrected chi connectivity index (χ1v) is 9.14. The Kier molecular flexibility index (Phi) is 5.37. The molecule has 136 valence electrons. The van der Waals surface area contributed by atoms with Gasteiger partial charge in [-0.15, -0.1) is 0 Å². The number of nitrogens with zero attached hydrogens (tertiary/aromatic N) is 3. The Labute approximate surface area is 148 Å². The van der Waals surface area contributed by atoms with Crippen molar-refractivity contribution < 1.29 is 14.3 Å². The van der Waals surface area contributed by atoms with Crippen LogP contribution in [0.4, 0.5) is 0 Å². The first kappa shape index (κ1) is 17.9. The van der Waals surface area contributed by atoms with Crippen LogP contribution in [0.25, 0.3) is 11.0 Å². The van der Waals surface area contributed by atoms with Crippen molar-refractivity contribution in [2.24, 2.45) is 0 Å². The van der Waals surface area contributed by atoms with Crippen LogP contribution >= 0.6 is 0 Å². The SMILES string of the molecule is CC(C)c1cc(C(=O)OCC2CCCCO2)c2cnn(C(C)C)c2n1. The number of rotatable bonds is 5. The molecule has 1 aliphatic rings. The third-order valence-electron chi connectivity index (χ3n) is 4.56. The molecule has 2 aromatic heterocycles. The summed E-state index contributed by atoms with van der Waals surface area (Å²) in [5, 5.41) is 5.15. The molecule has 1 fully saturated rings. The molecule has 0 aromatic carbocycles. The first-order valence-electron chi connectivity index (χ1n) is 9.14. The average molecular weight is 345 g/mol. The van der Waals surface area contributed by atoms with Gasteiger partial charge in [0, 0.05) is 18.3 Å². The molecule has 2 aromatic rings. The van der Waals surface area contributed by atoms with E-state index in [0.717, 1.165) is 42.6 Å². The molecule has 0 N–H and O–H groups in total. The quantitative estimate of drug-likeness (QED) is 0.770. The maximum absolute atomic E-state index is 12.7. The van der Waals surface area contributed by atoms with Gasteiger partial charge in [-0.05, 0) is 45.1 Å². The lowest BCUT2D eigenvalue weighted by atomic mass is 10.1. The van der Waals surface area contributed by atoms with Crippen LogP contribution in [0.1, 0.15) is 75.0 Å². The van der Waals surface area contributed by atoms with Gasteiger partial charge < -0.3 is 9.47 Å². The van der Waals surface area contributed by atoms with Crippen LogP contribution in [0.3, 0.4) is 0 Å². The second-order valence-electron chi connectivity index (χ2n) is 7.26. The Bertz CT molecular complexity index is 746. The molecular formula is C19H27N3O3. The van der Waals surface area contributed by atoms with Gasteiger partial charge in [-0.1, -0.05) is 13.8 Å². The maximum atomic E-state index is 12.7. The van der Waals surface area contributed by atoms with Gasteiger partial charge in [0.15, 0.2) is 5.65 Å². The van der Waals surface area contributed by atoms with Crippen molar-refractivity contribution in [3.05, 3.63) is 23.5 Å². The topological polar surface area (TPSA) is 66.2 Å². The molecule has 1 aliphatic heterocycles. The van der Waals surface area contributed by atoms with E-state index < -0.39 is 0 Å². The smallest absolute Gasteiger partial charge is 0.339 e. The first-order chi connectivity index (χ1) is 12.0. The zero-order valence-corrected chi connectivity index (χ0v) is 15.5. The Morgan fingerprint density at radius 3 is 2.80 bits per heavy atom. The number of carbonyl (C=O) groups excluding carboxylic acids is 1. The normalized spacial score (nSPS) is 18.2. The van der Waals surface area contributed by atoms with Crippen LogP contribution in [-0.4, -0.2) is 40.1 Å². The number of hydrogen-bond donors (Lipinski definition) is 0. The summed E-state index contributed by atoms with van der Waals surface area (Å²) in [4.78, 5) is 17.4. The van der Waals surface area contributed by atoms with Crippen molar-refractivity contribution in [1.82, 2.24) is 14.8 Å². The van der Waals surface area contributed by atoms with Crippen molar-refractivity contribution in [2.45, 2.75) is 65.0 Å². The molecule has 3 rings (SSSR count). The highest BCUT2D eigenvalue weighted by atomic mass is 16.6. The molecule has 25 heavy (non-hydrogen) atoms. The van der Waals surface area contributed by atoms with E-state index in [1.165, 1.54) is 0 Å². The zero-order valence-electron chi connectivity index (χ0n) is 15.5. The highest BCUT2D eigenvalue weighted by Gasteiger charge is 2.22. The molecule has 3 heterocycles. The van der Waals surface area contributed by atoms with E-state index in [9.17, 15) is 4.79 Å². The fourth-order valence-corrected chi connectivity index (χ4v) is 3.07. The molecule has 0 amide bonds. The summed E-state index contributed by atoms with van der Waals surface area (Å²) in [6.07, 6.45) is 4.88. The monoisotopic (exact) mass is 345 g/mol. The van der Waals surface area contributed by atoms with Crippen LogP contribution in [0.2, 0.25) is 0 Å². The Morgan fingerprint density at radius 1 is 1.36 bits per heavy atom. The summed E-state index contributed by atoms with van der Waals surface area (Å²) in [7, 11) is 0. The van der Waals surface area contributed by atoms with Crippen LogP contribution in [-0.2, 0) is 9.47 Å². The van der Waals surface area contributed by atoms with E-state index in [0.29, 0.717) is 12.2 Å². The summed E-state index contributed by atoms with van der Waals surface area (Å²) < 4.78 is 13.0. The van der Waals surface area contributed by atoms with Crippen LogP contribution in [0.5, 0.6) is 0 Å². The van der Waals surface area contributed by atoms with Crippen LogP contribution in [0.15, 0.2) is 12.3 Å². The fourth-order valence-electron chi connectivity index (χ4n) is 3.07. The molecule has 0 spiro atoms.